The van der Waals surface area contributed by atoms with Crippen molar-refractivity contribution in [2.75, 3.05) is 13.1 Å². The van der Waals surface area contributed by atoms with Crippen molar-refractivity contribution >= 4 is 5.78 Å². The molecule has 2 atom stereocenters. The van der Waals surface area contributed by atoms with Gasteiger partial charge in [-0.05, 0) is 5.56 Å². The first-order chi connectivity index (χ1) is 7.66. The summed E-state index contributed by atoms with van der Waals surface area (Å²) in [5.74, 6) is 0.796. The van der Waals surface area contributed by atoms with Gasteiger partial charge in [0.05, 0.1) is 0 Å². The largest absolute Gasteiger partial charge is 0.299 e. The quantitative estimate of drug-likeness (QED) is 0.758. The molecule has 0 aromatic heterocycles. The van der Waals surface area contributed by atoms with E-state index in [0.29, 0.717) is 5.78 Å². The van der Waals surface area contributed by atoms with Crippen LogP contribution in [0.2, 0.25) is 0 Å². The van der Waals surface area contributed by atoms with Gasteiger partial charge in [-0.3, -0.25) is 9.69 Å². The first kappa shape index (κ1) is 11.3. The van der Waals surface area contributed by atoms with Gasteiger partial charge in [0.1, 0.15) is 5.78 Å². The van der Waals surface area contributed by atoms with Crippen LogP contribution in [0.15, 0.2) is 30.3 Å². The Kier molecular flexibility index (Phi) is 3.39. The maximum atomic E-state index is 11.7. The number of ketones is 1. The van der Waals surface area contributed by atoms with Crippen LogP contribution in [0.25, 0.3) is 0 Å². The van der Waals surface area contributed by atoms with Crippen LogP contribution in [-0.2, 0) is 11.3 Å². The van der Waals surface area contributed by atoms with Crippen LogP contribution in [0.1, 0.15) is 19.4 Å². The molecule has 0 N–H and O–H groups in total. The lowest BCUT2D eigenvalue weighted by Crippen LogP contribution is -2.44. The van der Waals surface area contributed by atoms with Crippen LogP contribution in [0, 0.1) is 11.8 Å². The Morgan fingerprint density at radius 2 is 1.69 bits per heavy atom. The molecule has 0 spiro atoms. The van der Waals surface area contributed by atoms with Crippen LogP contribution in [0.4, 0.5) is 0 Å². The lowest BCUT2D eigenvalue weighted by Gasteiger charge is -2.33. The van der Waals surface area contributed by atoms with Crippen LogP contribution >= 0.6 is 0 Å². The fraction of sp³-hybridized carbons (Fsp3) is 0.500. The van der Waals surface area contributed by atoms with Gasteiger partial charge >= 0.3 is 0 Å². The Balaban J connectivity index is 1.99. The summed E-state index contributed by atoms with van der Waals surface area (Å²) in [7, 11) is 0. The van der Waals surface area contributed by atoms with Crippen molar-refractivity contribution < 1.29 is 4.79 Å². The molecule has 2 unspecified atom stereocenters. The van der Waals surface area contributed by atoms with Gasteiger partial charge in [0.15, 0.2) is 0 Å². The van der Waals surface area contributed by atoms with Crippen LogP contribution in [0.3, 0.4) is 0 Å². The van der Waals surface area contributed by atoms with Crippen molar-refractivity contribution in [3.05, 3.63) is 35.9 Å². The molecule has 0 amide bonds. The summed E-state index contributed by atoms with van der Waals surface area (Å²) >= 11 is 0. The van der Waals surface area contributed by atoms with Crippen molar-refractivity contribution in [1.82, 2.24) is 4.90 Å². The van der Waals surface area contributed by atoms with Gasteiger partial charge in [-0.15, -0.1) is 0 Å². The van der Waals surface area contributed by atoms with Gasteiger partial charge in [0, 0.05) is 31.5 Å². The molecule has 0 radical (unpaired) electrons. The Morgan fingerprint density at radius 3 is 2.25 bits per heavy atom. The van der Waals surface area contributed by atoms with Crippen LogP contribution < -0.4 is 0 Å². The van der Waals surface area contributed by atoms with E-state index in [1.54, 1.807) is 0 Å². The number of carbonyl (C=O) groups is 1. The molecule has 86 valence electrons. The zero-order valence-corrected chi connectivity index (χ0v) is 10.0. The highest BCUT2D eigenvalue weighted by Gasteiger charge is 2.29. The lowest BCUT2D eigenvalue weighted by molar-refractivity contribution is -0.130. The van der Waals surface area contributed by atoms with E-state index in [1.165, 1.54) is 5.56 Å². The Bertz CT molecular complexity index is 346. The molecule has 1 aliphatic rings. The minimum absolute atomic E-state index is 0.187. The van der Waals surface area contributed by atoms with Crippen molar-refractivity contribution in [3.63, 3.8) is 0 Å². The number of hydrogen-bond acceptors (Lipinski definition) is 2. The highest BCUT2D eigenvalue weighted by Crippen LogP contribution is 2.19. The molecule has 2 rings (SSSR count). The third-order valence-electron chi connectivity index (χ3n) is 3.28. The SMILES string of the molecule is CC1CN(Cc2ccccc2)CC(C)C1=O. The summed E-state index contributed by atoms with van der Waals surface area (Å²) < 4.78 is 0. The van der Waals surface area contributed by atoms with E-state index in [0.717, 1.165) is 19.6 Å². The van der Waals surface area contributed by atoms with Crippen molar-refractivity contribution in [2.45, 2.75) is 20.4 Å². The number of carbonyl (C=O) groups excluding carboxylic acids is 1. The molecular weight excluding hydrogens is 198 g/mol. The zero-order valence-electron chi connectivity index (χ0n) is 10.0. The smallest absolute Gasteiger partial charge is 0.141 e. The molecule has 2 nitrogen and oxygen atoms in total. The van der Waals surface area contributed by atoms with E-state index in [1.807, 2.05) is 19.9 Å². The topological polar surface area (TPSA) is 20.3 Å². The maximum absolute atomic E-state index is 11.7. The average Bonchev–Trinajstić information content (AvgIpc) is 2.27. The second-order valence-electron chi connectivity index (χ2n) is 4.88. The zero-order chi connectivity index (χ0) is 11.5. The molecule has 1 aromatic rings. The monoisotopic (exact) mass is 217 g/mol. The van der Waals surface area contributed by atoms with E-state index in [2.05, 4.69) is 29.2 Å². The minimum Gasteiger partial charge on any atom is -0.299 e. The first-order valence-corrected chi connectivity index (χ1v) is 5.97. The molecule has 1 saturated heterocycles. The predicted molar refractivity (Wildman–Crippen MR) is 65.1 cm³/mol. The maximum Gasteiger partial charge on any atom is 0.141 e. The normalized spacial score (nSPS) is 27.0. The number of benzene rings is 1. The van der Waals surface area contributed by atoms with Crippen LogP contribution in [0.5, 0.6) is 0 Å². The van der Waals surface area contributed by atoms with Crippen molar-refractivity contribution in [3.8, 4) is 0 Å². The third kappa shape index (κ3) is 2.50. The molecule has 1 heterocycles. The van der Waals surface area contributed by atoms with Gasteiger partial charge in [-0.1, -0.05) is 44.2 Å². The second kappa shape index (κ2) is 4.79. The minimum atomic E-state index is 0.187. The number of hydrogen-bond donors (Lipinski definition) is 0. The van der Waals surface area contributed by atoms with Gasteiger partial charge in [0.2, 0.25) is 0 Å². The number of likely N-dealkylation sites (tertiary alicyclic amines) is 1. The predicted octanol–water partition coefficient (Wildman–Crippen LogP) is 2.34. The fourth-order valence-electron chi connectivity index (χ4n) is 2.49. The summed E-state index contributed by atoms with van der Waals surface area (Å²) in [6, 6.07) is 10.5. The van der Waals surface area contributed by atoms with E-state index >= 15 is 0 Å². The molecule has 0 bridgehead atoms. The number of nitrogens with zero attached hydrogens (tertiary/aromatic N) is 1. The summed E-state index contributed by atoms with van der Waals surface area (Å²) in [5.41, 5.74) is 1.33. The molecular formula is C14H19NO. The Hall–Kier alpha value is -1.15. The van der Waals surface area contributed by atoms with Crippen molar-refractivity contribution in [2.24, 2.45) is 11.8 Å². The summed E-state index contributed by atoms with van der Waals surface area (Å²) in [6.07, 6.45) is 0. The van der Waals surface area contributed by atoms with Gasteiger partial charge < -0.3 is 0 Å². The third-order valence-corrected chi connectivity index (χ3v) is 3.28. The molecule has 0 aliphatic carbocycles. The summed E-state index contributed by atoms with van der Waals surface area (Å²) in [5, 5.41) is 0. The molecule has 1 fully saturated rings. The van der Waals surface area contributed by atoms with Crippen molar-refractivity contribution in [1.29, 1.82) is 0 Å². The van der Waals surface area contributed by atoms with Crippen LogP contribution in [-0.4, -0.2) is 23.8 Å². The highest BCUT2D eigenvalue weighted by molar-refractivity contribution is 5.83. The second-order valence-corrected chi connectivity index (χ2v) is 4.88. The van der Waals surface area contributed by atoms with E-state index in [4.69, 9.17) is 0 Å². The molecule has 1 aliphatic heterocycles. The summed E-state index contributed by atoms with van der Waals surface area (Å²) in [4.78, 5) is 14.1. The molecule has 1 aromatic carbocycles. The van der Waals surface area contributed by atoms with E-state index < -0.39 is 0 Å². The Morgan fingerprint density at radius 1 is 1.12 bits per heavy atom. The molecule has 0 saturated carbocycles. The lowest BCUT2D eigenvalue weighted by atomic mass is 9.90. The first-order valence-electron chi connectivity index (χ1n) is 5.97. The number of piperidine rings is 1. The Labute approximate surface area is 97.3 Å². The van der Waals surface area contributed by atoms with Gasteiger partial charge in [0.25, 0.3) is 0 Å². The fourth-order valence-corrected chi connectivity index (χ4v) is 2.49. The van der Waals surface area contributed by atoms with Gasteiger partial charge in [-0.2, -0.15) is 0 Å². The number of rotatable bonds is 2. The van der Waals surface area contributed by atoms with E-state index in [9.17, 15) is 4.79 Å². The number of Topliss-reactive ketones (excluding diaryl/α,β-unsaturated/α-hetero) is 1. The molecule has 16 heavy (non-hydrogen) atoms. The standard InChI is InChI=1S/C14H19NO/c1-11-8-15(9-12(2)14(11)16)10-13-6-4-3-5-7-13/h3-7,11-12H,8-10H2,1-2H3. The summed E-state index contributed by atoms with van der Waals surface area (Å²) in [6.45, 7) is 6.84. The van der Waals surface area contributed by atoms with Gasteiger partial charge in [-0.25, -0.2) is 0 Å². The average molecular weight is 217 g/mol. The van der Waals surface area contributed by atoms with E-state index in [-0.39, 0.29) is 11.8 Å². The highest BCUT2D eigenvalue weighted by atomic mass is 16.1. The molecule has 2 heteroatoms.